The summed E-state index contributed by atoms with van der Waals surface area (Å²) in [5, 5.41) is 12.4. The molecule has 251 valence electrons. The molecule has 10 atom stereocenters. The number of nitrogens with two attached hydrogens (primary N) is 1. The molecule has 0 aromatic heterocycles. The largest absolute Gasteiger partial charge is 0.446 e. The van der Waals surface area contributed by atoms with Gasteiger partial charge in [0.05, 0.1) is 19.3 Å². The second-order valence-corrected chi connectivity index (χ2v) is 17.1. The fourth-order valence-corrected chi connectivity index (χ4v) is 12.5. The van der Waals surface area contributed by atoms with Crippen LogP contribution in [0.5, 0.6) is 0 Å². The maximum Gasteiger partial charge on any atom is 0.410 e. The first-order chi connectivity index (χ1) is 21.1. The maximum absolute atomic E-state index is 13.1. The monoisotopic (exact) mass is 627 g/mol. The van der Waals surface area contributed by atoms with Crippen LogP contribution in [0.1, 0.15) is 99.8 Å². The lowest BCUT2D eigenvalue weighted by Crippen LogP contribution is -2.59. The number of fused-ring (bicyclic) bond motifs is 4. The van der Waals surface area contributed by atoms with Crippen LogP contribution < -0.4 is 5.73 Å². The Morgan fingerprint density at radius 2 is 1.78 bits per heavy atom. The summed E-state index contributed by atoms with van der Waals surface area (Å²) in [6, 6.07) is 0. The number of amides is 2. The van der Waals surface area contributed by atoms with Gasteiger partial charge >= 0.3 is 12.2 Å². The number of carbonyl (C=O) groups is 2. The first-order valence-corrected chi connectivity index (χ1v) is 17.6. The van der Waals surface area contributed by atoms with Crippen LogP contribution in [0.4, 0.5) is 9.59 Å². The molecule has 2 spiro atoms. The minimum atomic E-state index is -0.800. The van der Waals surface area contributed by atoms with Crippen LogP contribution in [-0.4, -0.2) is 66.8 Å². The highest BCUT2D eigenvalue weighted by molar-refractivity contribution is 5.68. The highest BCUT2D eigenvalue weighted by Gasteiger charge is 2.85. The first-order valence-electron chi connectivity index (χ1n) is 17.6. The molecule has 0 aromatic rings. The standard InChI is InChI=1S/C36H55N2O7/c1-20(2)27(45-30(37)40)22-18-21(3)26-28(43-22)29(39)34(7)24-9-8-23-32(4,5)25(44-31(41)38-14-16-42-17-15-38)10-11-35(23)19-36(24,35)13-12-33(26,34)6/h20-21,23,25-27,29,39H,8-19H2,1-7H3,(H2,37,40)/t21-,23+,25?,26+,27-,29+,33-,34-,35-,36+/m1/s1. The zero-order valence-corrected chi connectivity index (χ0v) is 28.4. The van der Waals surface area contributed by atoms with E-state index in [4.69, 9.17) is 24.7 Å². The molecule has 7 rings (SSSR count). The van der Waals surface area contributed by atoms with Crippen molar-refractivity contribution in [3.05, 3.63) is 18.1 Å². The van der Waals surface area contributed by atoms with Crippen LogP contribution >= 0.6 is 0 Å². The molecule has 1 unspecified atom stereocenters. The molecule has 0 aromatic carbocycles. The number of rotatable bonds is 4. The summed E-state index contributed by atoms with van der Waals surface area (Å²) in [6.45, 7) is 18.0. The lowest BCUT2D eigenvalue weighted by Gasteiger charge is -2.63. The number of carbonyl (C=O) groups excluding carboxylic acids is 2. The van der Waals surface area contributed by atoms with E-state index in [2.05, 4.69) is 34.6 Å². The average molecular weight is 628 g/mol. The van der Waals surface area contributed by atoms with Crippen molar-refractivity contribution < 1.29 is 33.6 Å². The molecular formula is C36H55N2O7. The number of primary amides is 1. The third kappa shape index (κ3) is 4.20. The van der Waals surface area contributed by atoms with Gasteiger partial charge in [-0.25, -0.2) is 9.59 Å². The van der Waals surface area contributed by atoms with Gasteiger partial charge in [-0.05, 0) is 91.3 Å². The van der Waals surface area contributed by atoms with Gasteiger partial charge in [0.15, 0.2) is 0 Å². The first kappa shape index (κ1) is 32.0. The van der Waals surface area contributed by atoms with Crippen LogP contribution in [0.3, 0.4) is 0 Å². The highest BCUT2D eigenvalue weighted by atomic mass is 16.6. The van der Waals surface area contributed by atoms with Gasteiger partial charge in [0, 0.05) is 29.8 Å². The second kappa shape index (κ2) is 10.5. The normalized spacial score (nSPS) is 46.7. The van der Waals surface area contributed by atoms with Gasteiger partial charge < -0.3 is 34.7 Å². The molecule has 5 aliphatic carbocycles. The van der Waals surface area contributed by atoms with Gasteiger partial charge in [0.1, 0.15) is 24.4 Å². The Morgan fingerprint density at radius 1 is 1.07 bits per heavy atom. The van der Waals surface area contributed by atoms with Gasteiger partial charge in [0.25, 0.3) is 0 Å². The summed E-state index contributed by atoms with van der Waals surface area (Å²) in [5.74, 6) is 2.43. The van der Waals surface area contributed by atoms with E-state index in [1.165, 1.54) is 6.42 Å². The summed E-state index contributed by atoms with van der Waals surface area (Å²) >= 11 is 0. The Bertz CT molecular complexity index is 1200. The molecule has 5 saturated carbocycles. The number of aliphatic hydroxyl groups excluding tert-OH is 1. The van der Waals surface area contributed by atoms with Crippen molar-refractivity contribution in [1.82, 2.24) is 4.90 Å². The van der Waals surface area contributed by atoms with E-state index in [9.17, 15) is 14.7 Å². The quantitative estimate of drug-likeness (QED) is 0.390. The number of hydrogen-bond acceptors (Lipinski definition) is 7. The van der Waals surface area contributed by atoms with Crippen LogP contribution in [0.15, 0.2) is 0 Å². The highest BCUT2D eigenvalue weighted by Crippen LogP contribution is 2.90. The van der Waals surface area contributed by atoms with Gasteiger partial charge in [0.2, 0.25) is 0 Å². The number of hydrogen-bond donors (Lipinski definition) is 2. The van der Waals surface area contributed by atoms with E-state index in [0.29, 0.717) is 44.7 Å². The third-order valence-corrected chi connectivity index (χ3v) is 14.7. The summed E-state index contributed by atoms with van der Waals surface area (Å²) in [5.41, 5.74) is 5.14. The molecule has 2 saturated heterocycles. The second-order valence-electron chi connectivity index (χ2n) is 17.1. The lowest BCUT2D eigenvalue weighted by molar-refractivity contribution is -0.130. The Kier molecular flexibility index (Phi) is 7.43. The minimum absolute atomic E-state index is 0.00900. The summed E-state index contributed by atoms with van der Waals surface area (Å²) in [7, 11) is 0. The van der Waals surface area contributed by atoms with Crippen molar-refractivity contribution >= 4 is 12.2 Å². The average Bonchev–Trinajstić information content (AvgIpc) is 3.62. The summed E-state index contributed by atoms with van der Waals surface area (Å²) in [6.07, 6.45) is 7.23. The van der Waals surface area contributed by atoms with Gasteiger partial charge in [-0.2, -0.15) is 0 Å². The Morgan fingerprint density at radius 3 is 2.44 bits per heavy atom. The molecule has 7 aliphatic rings. The Hall–Kier alpha value is -1.58. The van der Waals surface area contributed by atoms with E-state index >= 15 is 0 Å². The molecule has 9 heteroatoms. The van der Waals surface area contributed by atoms with E-state index in [-0.39, 0.29) is 51.6 Å². The third-order valence-electron chi connectivity index (χ3n) is 14.7. The van der Waals surface area contributed by atoms with Crippen LogP contribution in [-0.2, 0) is 18.9 Å². The van der Waals surface area contributed by atoms with Crippen molar-refractivity contribution in [1.29, 1.82) is 0 Å². The number of ether oxygens (including phenoxy) is 4. The smallest absolute Gasteiger partial charge is 0.410 e. The SMILES string of the molecule is CC(C)[C@@H](OC(N)=O)[C]1C[C@@H](C)[C@H]2[C](O1)[C@H](O)[C@@]1(C)[C]3CC[C@H]4C(C)(C)C(OC(=O)N5CCOCC5)CC[C@@]45C[C@@]35CC[C@]21C. The zero-order chi connectivity index (χ0) is 32.3. The molecule has 0 bridgehead atoms. The minimum Gasteiger partial charge on any atom is -0.446 e. The molecule has 7 fully saturated rings. The molecule has 3 radical (unpaired) electrons. The molecular weight excluding hydrogens is 572 g/mol. The summed E-state index contributed by atoms with van der Waals surface area (Å²) in [4.78, 5) is 26.7. The van der Waals surface area contributed by atoms with E-state index in [1.807, 2.05) is 13.8 Å². The van der Waals surface area contributed by atoms with Crippen molar-refractivity contribution in [2.75, 3.05) is 26.3 Å². The zero-order valence-electron chi connectivity index (χ0n) is 28.4. The number of morpholine rings is 1. The predicted octanol–water partition coefficient (Wildman–Crippen LogP) is 6.04. The fourth-order valence-electron chi connectivity index (χ4n) is 12.5. The van der Waals surface area contributed by atoms with Crippen molar-refractivity contribution in [2.24, 2.45) is 56.5 Å². The topological polar surface area (TPSA) is 121 Å². The predicted molar refractivity (Wildman–Crippen MR) is 167 cm³/mol. The van der Waals surface area contributed by atoms with Crippen LogP contribution in [0.25, 0.3) is 0 Å². The van der Waals surface area contributed by atoms with E-state index in [0.717, 1.165) is 44.6 Å². The summed E-state index contributed by atoms with van der Waals surface area (Å²) < 4.78 is 24.0. The van der Waals surface area contributed by atoms with Gasteiger partial charge in [-0.3, -0.25) is 0 Å². The molecule has 2 aliphatic heterocycles. The number of aliphatic hydroxyl groups is 1. The molecule has 3 N–H and O–H groups in total. The van der Waals surface area contributed by atoms with Crippen molar-refractivity contribution in [2.45, 2.75) is 118 Å². The lowest BCUT2D eigenvalue weighted by atomic mass is 9.41. The molecule has 45 heavy (non-hydrogen) atoms. The van der Waals surface area contributed by atoms with Crippen LogP contribution in [0, 0.1) is 68.9 Å². The van der Waals surface area contributed by atoms with Gasteiger partial charge in [-0.15, -0.1) is 0 Å². The molecule has 9 nitrogen and oxygen atoms in total. The van der Waals surface area contributed by atoms with Crippen molar-refractivity contribution in [3.63, 3.8) is 0 Å². The fraction of sp³-hybridized carbons (Fsp3) is 0.861. The number of nitrogens with zero attached hydrogens (tertiary/aromatic N) is 1. The van der Waals surface area contributed by atoms with E-state index in [1.54, 1.807) is 10.8 Å². The maximum atomic E-state index is 13.1. The molecule has 2 heterocycles. The Labute approximate surface area is 269 Å². The van der Waals surface area contributed by atoms with Crippen molar-refractivity contribution in [3.8, 4) is 0 Å². The molecule has 2 amide bonds. The van der Waals surface area contributed by atoms with E-state index < -0.39 is 23.7 Å². The van der Waals surface area contributed by atoms with Gasteiger partial charge in [-0.1, -0.05) is 48.5 Å². The Balaban J connectivity index is 1.14. The van der Waals surface area contributed by atoms with Crippen LogP contribution in [0.2, 0.25) is 0 Å².